The number of benzene rings is 1. The van der Waals surface area contributed by atoms with Crippen molar-refractivity contribution in [3.63, 3.8) is 0 Å². The van der Waals surface area contributed by atoms with Crippen LogP contribution < -0.4 is 9.47 Å². The van der Waals surface area contributed by atoms with E-state index in [9.17, 15) is 8.42 Å². The highest BCUT2D eigenvalue weighted by molar-refractivity contribution is 7.86. The molecule has 1 saturated heterocycles. The van der Waals surface area contributed by atoms with E-state index in [1.165, 1.54) is 8.61 Å². The lowest BCUT2D eigenvalue weighted by molar-refractivity contribution is 0.0623. The van der Waals surface area contributed by atoms with Crippen LogP contribution in [0.3, 0.4) is 0 Å². The fourth-order valence-electron chi connectivity index (χ4n) is 2.71. The zero-order chi connectivity index (χ0) is 16.3. The van der Waals surface area contributed by atoms with Gasteiger partial charge in [0.2, 0.25) is 0 Å². The molecule has 8 heteroatoms. The van der Waals surface area contributed by atoms with Crippen LogP contribution in [0.2, 0.25) is 0 Å². The summed E-state index contributed by atoms with van der Waals surface area (Å²) in [6.45, 7) is 4.49. The standard InChI is InChI=1S/C15H22N2O5S/c1-2-16(23(18,19)17-7-9-20-10-8-17)11-13-12-21-14-5-3-4-6-15(14)22-13/h3-6,13H,2,7-12H2,1H3/t13-/m1/s1. The maximum Gasteiger partial charge on any atom is 0.282 e. The highest BCUT2D eigenvalue weighted by atomic mass is 32.2. The number of ether oxygens (including phenoxy) is 3. The zero-order valence-electron chi connectivity index (χ0n) is 13.2. The second kappa shape index (κ2) is 7.04. The topological polar surface area (TPSA) is 68.3 Å². The molecule has 2 aliphatic rings. The Labute approximate surface area is 136 Å². The van der Waals surface area contributed by atoms with E-state index in [2.05, 4.69) is 0 Å². The van der Waals surface area contributed by atoms with Gasteiger partial charge in [0.1, 0.15) is 12.7 Å². The quantitative estimate of drug-likeness (QED) is 0.789. The zero-order valence-corrected chi connectivity index (χ0v) is 14.0. The van der Waals surface area contributed by atoms with Gasteiger partial charge >= 0.3 is 0 Å². The van der Waals surface area contributed by atoms with Gasteiger partial charge in [-0.1, -0.05) is 19.1 Å². The van der Waals surface area contributed by atoms with E-state index in [0.29, 0.717) is 51.0 Å². The Morgan fingerprint density at radius 3 is 2.61 bits per heavy atom. The molecule has 0 N–H and O–H groups in total. The van der Waals surface area contributed by atoms with Gasteiger partial charge in [-0.05, 0) is 12.1 Å². The van der Waals surface area contributed by atoms with Crippen LogP contribution in [0.1, 0.15) is 6.92 Å². The van der Waals surface area contributed by atoms with Crippen LogP contribution in [0.25, 0.3) is 0 Å². The third-order valence-electron chi connectivity index (χ3n) is 3.95. The molecule has 23 heavy (non-hydrogen) atoms. The van der Waals surface area contributed by atoms with Gasteiger partial charge in [0.25, 0.3) is 10.2 Å². The first-order valence-electron chi connectivity index (χ1n) is 7.82. The minimum Gasteiger partial charge on any atom is -0.486 e. The lowest BCUT2D eigenvalue weighted by Gasteiger charge is -2.34. The van der Waals surface area contributed by atoms with E-state index in [-0.39, 0.29) is 12.6 Å². The third kappa shape index (κ3) is 3.60. The first-order chi connectivity index (χ1) is 11.1. The van der Waals surface area contributed by atoms with Crippen molar-refractivity contribution in [2.24, 2.45) is 0 Å². The van der Waals surface area contributed by atoms with E-state index in [1.807, 2.05) is 31.2 Å². The van der Waals surface area contributed by atoms with Crippen molar-refractivity contribution in [2.45, 2.75) is 13.0 Å². The number of fused-ring (bicyclic) bond motifs is 1. The molecular weight excluding hydrogens is 320 g/mol. The molecule has 0 unspecified atom stereocenters. The number of morpholine rings is 1. The number of rotatable bonds is 5. The average Bonchev–Trinajstić information content (AvgIpc) is 2.60. The Morgan fingerprint density at radius 1 is 1.22 bits per heavy atom. The molecule has 0 amide bonds. The Kier molecular flexibility index (Phi) is 5.05. The highest BCUT2D eigenvalue weighted by Crippen LogP contribution is 2.31. The summed E-state index contributed by atoms with van der Waals surface area (Å²) in [6.07, 6.45) is -0.319. The predicted molar refractivity (Wildman–Crippen MR) is 84.9 cm³/mol. The Morgan fingerprint density at radius 2 is 1.91 bits per heavy atom. The molecule has 7 nitrogen and oxygen atoms in total. The van der Waals surface area contributed by atoms with Crippen molar-refractivity contribution < 1.29 is 22.6 Å². The highest BCUT2D eigenvalue weighted by Gasteiger charge is 2.33. The number of hydrogen-bond acceptors (Lipinski definition) is 5. The summed E-state index contributed by atoms with van der Waals surface area (Å²) in [5.41, 5.74) is 0. The SMILES string of the molecule is CCN(C[C@@H]1COc2ccccc2O1)S(=O)(=O)N1CCOCC1. The molecule has 0 aliphatic carbocycles. The molecule has 0 spiro atoms. The van der Waals surface area contributed by atoms with E-state index in [4.69, 9.17) is 14.2 Å². The maximum atomic E-state index is 12.7. The smallest absolute Gasteiger partial charge is 0.282 e. The molecule has 0 bridgehead atoms. The number of likely N-dealkylation sites (N-methyl/N-ethyl adjacent to an activating group) is 1. The second-order valence-electron chi connectivity index (χ2n) is 5.47. The average molecular weight is 342 g/mol. The summed E-state index contributed by atoms with van der Waals surface area (Å²) in [5.74, 6) is 1.35. The molecule has 1 aromatic carbocycles. The van der Waals surface area contributed by atoms with E-state index in [1.54, 1.807) is 0 Å². The summed E-state index contributed by atoms with van der Waals surface area (Å²) < 4.78 is 45.1. The molecule has 1 fully saturated rings. The van der Waals surface area contributed by atoms with E-state index < -0.39 is 10.2 Å². The fourth-order valence-corrected chi connectivity index (χ4v) is 4.33. The van der Waals surface area contributed by atoms with Crippen LogP contribution in [-0.2, 0) is 14.9 Å². The number of para-hydroxylation sites is 2. The van der Waals surface area contributed by atoms with Gasteiger partial charge in [0.15, 0.2) is 11.5 Å². The summed E-state index contributed by atoms with van der Waals surface area (Å²) >= 11 is 0. The van der Waals surface area contributed by atoms with Gasteiger partial charge in [0.05, 0.1) is 19.8 Å². The van der Waals surface area contributed by atoms with Crippen molar-refractivity contribution in [3.8, 4) is 11.5 Å². The fraction of sp³-hybridized carbons (Fsp3) is 0.600. The molecule has 128 valence electrons. The van der Waals surface area contributed by atoms with Crippen molar-refractivity contribution in [1.29, 1.82) is 0 Å². The number of hydrogen-bond donors (Lipinski definition) is 0. The van der Waals surface area contributed by atoms with Gasteiger partial charge in [-0.3, -0.25) is 0 Å². The molecule has 0 aromatic heterocycles. The van der Waals surface area contributed by atoms with Crippen molar-refractivity contribution in [2.75, 3.05) is 46.0 Å². The molecule has 0 saturated carbocycles. The van der Waals surface area contributed by atoms with Crippen molar-refractivity contribution in [3.05, 3.63) is 24.3 Å². The molecule has 2 heterocycles. The van der Waals surface area contributed by atoms with Crippen LogP contribution in [0.15, 0.2) is 24.3 Å². The maximum absolute atomic E-state index is 12.7. The molecule has 3 rings (SSSR count). The van der Waals surface area contributed by atoms with Gasteiger partial charge in [-0.2, -0.15) is 17.0 Å². The monoisotopic (exact) mass is 342 g/mol. The van der Waals surface area contributed by atoms with Crippen LogP contribution in [0.4, 0.5) is 0 Å². The normalized spacial score (nSPS) is 22.3. The molecule has 0 radical (unpaired) electrons. The Bertz CT molecular complexity index is 631. The second-order valence-corrected chi connectivity index (χ2v) is 7.40. The van der Waals surface area contributed by atoms with E-state index >= 15 is 0 Å². The van der Waals surface area contributed by atoms with Gasteiger partial charge in [-0.15, -0.1) is 0 Å². The van der Waals surface area contributed by atoms with E-state index in [0.717, 1.165) is 0 Å². The van der Waals surface area contributed by atoms with Gasteiger partial charge < -0.3 is 14.2 Å². The molecule has 2 aliphatic heterocycles. The van der Waals surface area contributed by atoms with Crippen molar-refractivity contribution >= 4 is 10.2 Å². The first kappa shape index (κ1) is 16.5. The molecule has 1 aromatic rings. The summed E-state index contributed by atoms with van der Waals surface area (Å²) in [4.78, 5) is 0. The number of nitrogens with zero attached hydrogens (tertiary/aromatic N) is 2. The van der Waals surface area contributed by atoms with Crippen molar-refractivity contribution in [1.82, 2.24) is 8.61 Å². The lowest BCUT2D eigenvalue weighted by atomic mass is 10.2. The molecule has 1 atom stereocenters. The lowest BCUT2D eigenvalue weighted by Crippen LogP contribution is -2.51. The van der Waals surface area contributed by atoms with Crippen LogP contribution in [0, 0.1) is 0 Å². The Hall–Kier alpha value is -1.35. The minimum atomic E-state index is -3.50. The third-order valence-corrected chi connectivity index (χ3v) is 6.03. The first-order valence-corrected chi connectivity index (χ1v) is 9.22. The van der Waals surface area contributed by atoms with Crippen LogP contribution >= 0.6 is 0 Å². The summed E-state index contributed by atoms with van der Waals surface area (Å²) in [5, 5.41) is 0. The van der Waals surface area contributed by atoms with Gasteiger partial charge in [0, 0.05) is 19.6 Å². The minimum absolute atomic E-state index is 0.268. The van der Waals surface area contributed by atoms with Gasteiger partial charge in [-0.25, -0.2) is 0 Å². The predicted octanol–water partition coefficient (Wildman–Crippen LogP) is 0.725. The van der Waals surface area contributed by atoms with Crippen LogP contribution in [0.5, 0.6) is 11.5 Å². The summed E-state index contributed by atoms with van der Waals surface area (Å²) in [6, 6.07) is 7.41. The Balaban J connectivity index is 1.68. The largest absolute Gasteiger partial charge is 0.486 e. The van der Waals surface area contributed by atoms with Crippen LogP contribution in [-0.4, -0.2) is 69.1 Å². The summed E-state index contributed by atoms with van der Waals surface area (Å²) in [7, 11) is -3.50. The molecular formula is C15H22N2O5S.